The fourth-order valence-electron chi connectivity index (χ4n) is 3.37. The summed E-state index contributed by atoms with van der Waals surface area (Å²) in [5.41, 5.74) is 6.54. The minimum Gasteiger partial charge on any atom is -0.335 e. The van der Waals surface area contributed by atoms with Gasteiger partial charge in [-0.25, -0.2) is 8.42 Å². The van der Waals surface area contributed by atoms with Crippen LogP contribution in [0.1, 0.15) is 5.56 Å². The van der Waals surface area contributed by atoms with Gasteiger partial charge in [0, 0.05) is 38.1 Å². The Hall–Kier alpha value is -1.51. The number of nitrogens with zero attached hydrogens (tertiary/aromatic N) is 3. The van der Waals surface area contributed by atoms with E-state index in [1.165, 1.54) is 0 Å². The summed E-state index contributed by atoms with van der Waals surface area (Å²) in [6, 6.07) is 3.42. The van der Waals surface area contributed by atoms with E-state index in [2.05, 4.69) is 9.88 Å². The average Bonchev–Trinajstić information content (AvgIpc) is 2.83. The lowest BCUT2D eigenvalue weighted by Crippen LogP contribution is -2.61. The number of nitrogens with two attached hydrogens (primary N) is 1. The van der Waals surface area contributed by atoms with Gasteiger partial charge in [0.1, 0.15) is 0 Å². The molecule has 8 heteroatoms. The molecule has 1 amide bonds. The van der Waals surface area contributed by atoms with E-state index in [0.717, 1.165) is 5.56 Å². The predicted octanol–water partition coefficient (Wildman–Crippen LogP) is -1.15. The molecule has 1 aromatic rings. The molecule has 2 fully saturated rings. The van der Waals surface area contributed by atoms with Crippen molar-refractivity contribution in [1.29, 1.82) is 0 Å². The van der Waals surface area contributed by atoms with Crippen LogP contribution in [-0.2, 0) is 21.2 Å². The number of piperazine rings is 1. The lowest BCUT2D eigenvalue weighted by Gasteiger charge is -2.43. The molecule has 0 unspecified atom stereocenters. The quantitative estimate of drug-likeness (QED) is 0.754. The van der Waals surface area contributed by atoms with Gasteiger partial charge in [0.2, 0.25) is 5.91 Å². The molecule has 1 aromatic heterocycles. The van der Waals surface area contributed by atoms with E-state index >= 15 is 0 Å². The minimum atomic E-state index is -3.12. The van der Waals surface area contributed by atoms with Gasteiger partial charge in [-0.1, -0.05) is 0 Å². The molecule has 2 N–H and O–H groups in total. The Balaban J connectivity index is 1.82. The first-order valence-corrected chi connectivity index (χ1v) is 9.15. The fourth-order valence-corrected chi connectivity index (χ4v) is 5.38. The van der Waals surface area contributed by atoms with E-state index in [9.17, 15) is 13.2 Å². The van der Waals surface area contributed by atoms with Crippen LogP contribution in [0.4, 0.5) is 0 Å². The number of amides is 1. The third kappa shape index (κ3) is 2.99. The van der Waals surface area contributed by atoms with Gasteiger partial charge in [0.15, 0.2) is 9.84 Å². The van der Waals surface area contributed by atoms with Gasteiger partial charge in [-0.05, 0) is 17.7 Å². The maximum atomic E-state index is 12.0. The number of rotatable bonds is 3. The Labute approximate surface area is 130 Å². The third-order valence-corrected chi connectivity index (χ3v) is 6.12. The van der Waals surface area contributed by atoms with Crippen LogP contribution in [0.3, 0.4) is 0 Å². The van der Waals surface area contributed by atoms with Crippen LogP contribution in [0.25, 0.3) is 0 Å². The zero-order valence-corrected chi connectivity index (χ0v) is 13.1. The summed E-state index contributed by atoms with van der Waals surface area (Å²) in [6.45, 7) is 1.78. The second-order valence-electron chi connectivity index (χ2n) is 5.83. The van der Waals surface area contributed by atoms with Crippen LogP contribution in [0.2, 0.25) is 0 Å². The summed E-state index contributed by atoms with van der Waals surface area (Å²) < 4.78 is 24.1. The highest BCUT2D eigenvalue weighted by atomic mass is 32.2. The van der Waals surface area contributed by atoms with E-state index in [0.29, 0.717) is 19.6 Å². The van der Waals surface area contributed by atoms with Crippen LogP contribution >= 0.6 is 0 Å². The van der Waals surface area contributed by atoms with E-state index < -0.39 is 9.84 Å². The SMILES string of the molecule is NCC(=O)N1CCN(Cc2ccncc2)[C@@H]2CS(=O)(=O)C[C@@H]21. The minimum absolute atomic E-state index is 0.0379. The van der Waals surface area contributed by atoms with Crippen molar-refractivity contribution in [1.82, 2.24) is 14.8 Å². The molecule has 3 heterocycles. The molecule has 0 bridgehead atoms. The second kappa shape index (κ2) is 5.94. The van der Waals surface area contributed by atoms with Crippen molar-refractivity contribution in [3.05, 3.63) is 30.1 Å². The van der Waals surface area contributed by atoms with Crippen molar-refractivity contribution in [2.45, 2.75) is 18.6 Å². The lowest BCUT2D eigenvalue weighted by atomic mass is 10.0. The van der Waals surface area contributed by atoms with Crippen LogP contribution in [0.15, 0.2) is 24.5 Å². The first kappa shape index (κ1) is 15.4. The number of pyridine rings is 1. The average molecular weight is 324 g/mol. The number of fused-ring (bicyclic) bond motifs is 1. The molecule has 2 atom stereocenters. The summed E-state index contributed by atoms with van der Waals surface area (Å²) in [6.07, 6.45) is 3.46. The largest absolute Gasteiger partial charge is 0.335 e. The van der Waals surface area contributed by atoms with Crippen molar-refractivity contribution >= 4 is 15.7 Å². The van der Waals surface area contributed by atoms with Crippen LogP contribution in [-0.4, -0.2) is 72.3 Å². The Kier molecular flexibility index (Phi) is 4.16. The lowest BCUT2D eigenvalue weighted by molar-refractivity contribution is -0.135. The molecule has 0 spiro atoms. The summed E-state index contributed by atoms with van der Waals surface area (Å²) >= 11 is 0. The van der Waals surface area contributed by atoms with Crippen LogP contribution in [0.5, 0.6) is 0 Å². The van der Waals surface area contributed by atoms with E-state index in [1.807, 2.05) is 12.1 Å². The van der Waals surface area contributed by atoms with Gasteiger partial charge in [-0.3, -0.25) is 14.7 Å². The maximum absolute atomic E-state index is 12.0. The molecule has 3 rings (SSSR count). The normalized spacial score (nSPS) is 27.6. The van der Waals surface area contributed by atoms with E-state index in [-0.39, 0.29) is 36.0 Å². The summed E-state index contributed by atoms with van der Waals surface area (Å²) in [7, 11) is -3.12. The van der Waals surface area contributed by atoms with Gasteiger partial charge in [-0.2, -0.15) is 0 Å². The molecule has 0 aliphatic carbocycles. The third-order valence-electron chi connectivity index (χ3n) is 4.42. The Morgan fingerprint density at radius 2 is 1.91 bits per heavy atom. The second-order valence-corrected chi connectivity index (χ2v) is 7.98. The summed E-state index contributed by atoms with van der Waals surface area (Å²) in [5, 5.41) is 0. The molecule has 0 radical (unpaired) electrons. The molecule has 7 nitrogen and oxygen atoms in total. The van der Waals surface area contributed by atoms with Gasteiger partial charge >= 0.3 is 0 Å². The van der Waals surface area contributed by atoms with Crippen molar-refractivity contribution in [2.24, 2.45) is 5.73 Å². The van der Waals surface area contributed by atoms with Crippen molar-refractivity contribution in [2.75, 3.05) is 31.1 Å². The molecule has 22 heavy (non-hydrogen) atoms. The van der Waals surface area contributed by atoms with E-state index in [4.69, 9.17) is 5.73 Å². The molecule has 2 aliphatic rings. The van der Waals surface area contributed by atoms with Gasteiger partial charge in [-0.15, -0.1) is 0 Å². The fraction of sp³-hybridized carbons (Fsp3) is 0.571. The van der Waals surface area contributed by atoms with Crippen molar-refractivity contribution in [3.63, 3.8) is 0 Å². The Morgan fingerprint density at radius 1 is 1.23 bits per heavy atom. The molecule has 0 aromatic carbocycles. The predicted molar refractivity (Wildman–Crippen MR) is 81.6 cm³/mol. The van der Waals surface area contributed by atoms with Gasteiger partial charge in [0.05, 0.1) is 24.1 Å². The standard InChI is InChI=1S/C14H20N4O3S/c15-7-14(19)18-6-5-17(8-11-1-3-16-4-2-11)12-9-22(20,21)10-13(12)18/h1-4,12-13H,5-10,15H2/t12-,13+/m1/s1. The smallest absolute Gasteiger partial charge is 0.236 e. The molecular weight excluding hydrogens is 304 g/mol. The topological polar surface area (TPSA) is 96.6 Å². The van der Waals surface area contributed by atoms with Gasteiger partial charge < -0.3 is 10.6 Å². The molecular formula is C14H20N4O3S. The highest BCUT2D eigenvalue weighted by Gasteiger charge is 2.47. The maximum Gasteiger partial charge on any atom is 0.236 e. The van der Waals surface area contributed by atoms with Crippen LogP contribution in [0, 0.1) is 0 Å². The Morgan fingerprint density at radius 3 is 2.59 bits per heavy atom. The molecule has 2 aliphatic heterocycles. The highest BCUT2D eigenvalue weighted by Crippen LogP contribution is 2.28. The molecule has 2 saturated heterocycles. The monoisotopic (exact) mass is 324 g/mol. The summed E-state index contributed by atoms with van der Waals surface area (Å²) in [4.78, 5) is 19.8. The zero-order valence-electron chi connectivity index (χ0n) is 12.3. The highest BCUT2D eigenvalue weighted by molar-refractivity contribution is 7.91. The number of sulfone groups is 1. The van der Waals surface area contributed by atoms with E-state index in [1.54, 1.807) is 17.3 Å². The number of carbonyl (C=O) groups is 1. The first-order chi connectivity index (χ1) is 10.5. The van der Waals surface area contributed by atoms with Gasteiger partial charge in [0.25, 0.3) is 0 Å². The molecule has 120 valence electrons. The number of aromatic nitrogens is 1. The number of carbonyl (C=O) groups excluding carboxylic acids is 1. The number of hydrogen-bond donors (Lipinski definition) is 1. The van der Waals surface area contributed by atoms with Crippen LogP contribution < -0.4 is 5.73 Å². The van der Waals surface area contributed by atoms with Crippen molar-refractivity contribution < 1.29 is 13.2 Å². The molecule has 0 saturated carbocycles. The van der Waals surface area contributed by atoms with Crippen molar-refractivity contribution in [3.8, 4) is 0 Å². The zero-order chi connectivity index (χ0) is 15.7. The Bertz CT molecular complexity index is 649. The number of hydrogen-bond acceptors (Lipinski definition) is 6. The first-order valence-electron chi connectivity index (χ1n) is 7.33. The summed E-state index contributed by atoms with van der Waals surface area (Å²) in [5.74, 6) is -0.0245.